The van der Waals surface area contributed by atoms with Crippen molar-refractivity contribution in [3.05, 3.63) is 21.8 Å². The third-order valence-corrected chi connectivity index (χ3v) is 3.45. The molecule has 0 fully saturated rings. The van der Waals surface area contributed by atoms with Crippen molar-refractivity contribution in [3.63, 3.8) is 0 Å². The molecular weight excluding hydrogens is 202 g/mol. The van der Waals surface area contributed by atoms with E-state index in [-0.39, 0.29) is 6.04 Å². The zero-order valence-electron chi connectivity index (χ0n) is 7.10. The minimum Gasteiger partial charge on any atom is -0.322 e. The van der Waals surface area contributed by atoms with Crippen molar-refractivity contribution in [1.29, 1.82) is 0 Å². The van der Waals surface area contributed by atoms with Gasteiger partial charge in [-0.25, -0.2) is 0 Å². The Bertz CT molecular complexity index is 378. The third kappa shape index (κ3) is 1.77. The molecule has 5 heteroatoms. The second-order valence-electron chi connectivity index (χ2n) is 2.75. The highest BCUT2D eigenvalue weighted by molar-refractivity contribution is 7.15. The van der Waals surface area contributed by atoms with Gasteiger partial charge >= 0.3 is 0 Å². The first-order chi connectivity index (χ1) is 6.27. The predicted octanol–water partition coefficient (Wildman–Crippen LogP) is 2.29. The van der Waals surface area contributed by atoms with E-state index in [0.717, 1.165) is 15.6 Å². The Hall–Kier alpha value is -0.780. The minimum absolute atomic E-state index is 0.0233. The summed E-state index contributed by atoms with van der Waals surface area (Å²) in [5.41, 5.74) is 6.82. The summed E-state index contributed by atoms with van der Waals surface area (Å²) in [5, 5.41) is 14.0. The third-order valence-electron chi connectivity index (χ3n) is 1.60. The minimum atomic E-state index is -0.0233. The summed E-state index contributed by atoms with van der Waals surface area (Å²) in [7, 11) is 0. The van der Waals surface area contributed by atoms with Gasteiger partial charge in [0.05, 0.1) is 6.04 Å². The summed E-state index contributed by atoms with van der Waals surface area (Å²) >= 11 is 3.22. The smallest absolute Gasteiger partial charge is 0.148 e. The van der Waals surface area contributed by atoms with E-state index in [1.54, 1.807) is 22.7 Å². The number of rotatable bonds is 2. The van der Waals surface area contributed by atoms with E-state index in [2.05, 4.69) is 15.6 Å². The van der Waals surface area contributed by atoms with Gasteiger partial charge in [-0.1, -0.05) is 11.3 Å². The lowest BCUT2D eigenvalue weighted by molar-refractivity contribution is 0.786. The van der Waals surface area contributed by atoms with Crippen molar-refractivity contribution in [2.45, 2.75) is 13.0 Å². The molecule has 0 radical (unpaired) electrons. The Morgan fingerprint density at radius 2 is 2.31 bits per heavy atom. The van der Waals surface area contributed by atoms with Crippen molar-refractivity contribution in [3.8, 4) is 10.6 Å². The maximum absolute atomic E-state index is 5.69. The second kappa shape index (κ2) is 3.53. The van der Waals surface area contributed by atoms with Crippen molar-refractivity contribution in [2.75, 3.05) is 0 Å². The summed E-state index contributed by atoms with van der Waals surface area (Å²) in [6, 6.07) is 2.01. The Morgan fingerprint density at radius 3 is 2.85 bits per heavy atom. The van der Waals surface area contributed by atoms with Crippen molar-refractivity contribution < 1.29 is 0 Å². The molecule has 2 rings (SSSR count). The molecule has 1 unspecified atom stereocenters. The number of thiophene rings is 1. The summed E-state index contributed by atoms with van der Waals surface area (Å²) < 4.78 is 0. The summed E-state index contributed by atoms with van der Waals surface area (Å²) in [4.78, 5) is 0. The quantitative estimate of drug-likeness (QED) is 0.829. The molecular formula is C8H9N3S2. The highest BCUT2D eigenvalue weighted by Gasteiger charge is 2.09. The van der Waals surface area contributed by atoms with Gasteiger partial charge in [0.15, 0.2) is 0 Å². The normalized spacial score (nSPS) is 13.1. The van der Waals surface area contributed by atoms with Crippen LogP contribution in [0.25, 0.3) is 10.6 Å². The molecule has 2 aromatic rings. The lowest BCUT2D eigenvalue weighted by Crippen LogP contribution is -2.03. The molecule has 1 atom stereocenters. The van der Waals surface area contributed by atoms with Crippen LogP contribution in [0, 0.1) is 0 Å². The number of aromatic nitrogens is 2. The van der Waals surface area contributed by atoms with Crippen LogP contribution >= 0.6 is 22.7 Å². The van der Waals surface area contributed by atoms with Crippen LogP contribution < -0.4 is 5.73 Å². The van der Waals surface area contributed by atoms with E-state index in [9.17, 15) is 0 Å². The van der Waals surface area contributed by atoms with Crippen LogP contribution in [0.4, 0.5) is 0 Å². The molecule has 0 spiro atoms. The summed E-state index contributed by atoms with van der Waals surface area (Å²) in [6.45, 7) is 1.91. The average molecular weight is 211 g/mol. The van der Waals surface area contributed by atoms with Crippen LogP contribution in [0.2, 0.25) is 0 Å². The van der Waals surface area contributed by atoms with Crippen LogP contribution in [0.15, 0.2) is 16.8 Å². The fourth-order valence-corrected chi connectivity index (χ4v) is 2.43. The first-order valence-corrected chi connectivity index (χ1v) is 5.65. The molecule has 0 aliphatic heterocycles. The monoisotopic (exact) mass is 211 g/mol. The van der Waals surface area contributed by atoms with Crippen molar-refractivity contribution in [1.82, 2.24) is 10.2 Å². The van der Waals surface area contributed by atoms with E-state index >= 15 is 0 Å². The topological polar surface area (TPSA) is 51.8 Å². The van der Waals surface area contributed by atoms with Crippen LogP contribution in [-0.4, -0.2) is 10.2 Å². The maximum Gasteiger partial charge on any atom is 0.148 e. The maximum atomic E-state index is 5.69. The fraction of sp³-hybridized carbons (Fsp3) is 0.250. The summed E-state index contributed by atoms with van der Waals surface area (Å²) in [6.07, 6.45) is 0. The number of hydrogen-bond donors (Lipinski definition) is 1. The summed E-state index contributed by atoms with van der Waals surface area (Å²) in [5.74, 6) is 0. The molecule has 0 amide bonds. The molecule has 0 aliphatic carbocycles. The zero-order valence-corrected chi connectivity index (χ0v) is 8.73. The molecule has 2 heterocycles. The van der Waals surface area contributed by atoms with E-state index < -0.39 is 0 Å². The van der Waals surface area contributed by atoms with Gasteiger partial charge in [-0.2, -0.15) is 11.3 Å². The predicted molar refractivity (Wildman–Crippen MR) is 55.8 cm³/mol. The molecule has 0 saturated carbocycles. The van der Waals surface area contributed by atoms with Gasteiger partial charge in [-0.05, 0) is 18.4 Å². The second-order valence-corrected chi connectivity index (χ2v) is 4.54. The average Bonchev–Trinajstić information content (AvgIpc) is 2.75. The number of nitrogens with two attached hydrogens (primary N) is 1. The van der Waals surface area contributed by atoms with E-state index in [1.165, 1.54) is 0 Å². The zero-order chi connectivity index (χ0) is 9.26. The molecule has 2 aromatic heterocycles. The lowest BCUT2D eigenvalue weighted by atomic mass is 10.4. The fourth-order valence-electron chi connectivity index (χ4n) is 0.921. The Morgan fingerprint density at radius 1 is 1.46 bits per heavy atom. The highest BCUT2D eigenvalue weighted by Crippen LogP contribution is 2.27. The Labute approximate surface area is 84.2 Å². The van der Waals surface area contributed by atoms with Gasteiger partial charge < -0.3 is 5.73 Å². The molecule has 68 valence electrons. The SMILES string of the molecule is CC(N)c1nnc(-c2ccsc2)s1. The number of nitrogens with zero attached hydrogens (tertiary/aromatic N) is 2. The first kappa shape index (κ1) is 8.80. The molecule has 0 bridgehead atoms. The molecule has 0 aliphatic rings. The van der Waals surface area contributed by atoms with Gasteiger partial charge in [-0.15, -0.1) is 10.2 Å². The van der Waals surface area contributed by atoms with Gasteiger partial charge in [0.2, 0.25) is 0 Å². The van der Waals surface area contributed by atoms with E-state index in [4.69, 9.17) is 5.73 Å². The van der Waals surface area contributed by atoms with Crippen molar-refractivity contribution >= 4 is 22.7 Å². The number of hydrogen-bond acceptors (Lipinski definition) is 5. The van der Waals surface area contributed by atoms with Crippen molar-refractivity contribution in [2.24, 2.45) is 5.73 Å². The van der Waals surface area contributed by atoms with Crippen LogP contribution in [0.1, 0.15) is 18.0 Å². The van der Waals surface area contributed by atoms with Crippen LogP contribution in [-0.2, 0) is 0 Å². The molecule has 0 saturated heterocycles. The molecule has 13 heavy (non-hydrogen) atoms. The lowest BCUT2D eigenvalue weighted by Gasteiger charge is -1.94. The van der Waals surface area contributed by atoms with E-state index in [1.807, 2.05) is 18.4 Å². The largest absolute Gasteiger partial charge is 0.322 e. The van der Waals surface area contributed by atoms with Gasteiger partial charge in [0, 0.05) is 10.9 Å². The molecule has 0 aromatic carbocycles. The van der Waals surface area contributed by atoms with Gasteiger partial charge in [0.25, 0.3) is 0 Å². The molecule has 3 nitrogen and oxygen atoms in total. The Balaban J connectivity index is 2.33. The standard InChI is InChI=1S/C8H9N3S2/c1-5(9)7-10-11-8(13-7)6-2-3-12-4-6/h2-5H,9H2,1H3. The highest BCUT2D eigenvalue weighted by atomic mass is 32.1. The van der Waals surface area contributed by atoms with Crippen LogP contribution in [0.5, 0.6) is 0 Å². The van der Waals surface area contributed by atoms with Gasteiger partial charge in [0.1, 0.15) is 10.0 Å². The van der Waals surface area contributed by atoms with Gasteiger partial charge in [-0.3, -0.25) is 0 Å². The van der Waals surface area contributed by atoms with E-state index in [0.29, 0.717) is 0 Å². The first-order valence-electron chi connectivity index (χ1n) is 3.89. The molecule has 2 N–H and O–H groups in total. The van der Waals surface area contributed by atoms with Crippen LogP contribution in [0.3, 0.4) is 0 Å². The Kier molecular flexibility index (Phi) is 2.39.